The zero-order valence-electron chi connectivity index (χ0n) is 11.8. The molecule has 1 saturated carbocycles. The van der Waals surface area contributed by atoms with Crippen LogP contribution in [0.4, 0.5) is 4.39 Å². The second-order valence-electron chi connectivity index (χ2n) is 5.94. The summed E-state index contributed by atoms with van der Waals surface area (Å²) in [7, 11) is 1.50. The van der Waals surface area contributed by atoms with Crippen LogP contribution in [0.5, 0.6) is 5.75 Å². The lowest BCUT2D eigenvalue weighted by Crippen LogP contribution is -2.46. The van der Waals surface area contributed by atoms with Gasteiger partial charge in [0.25, 0.3) is 0 Å². The summed E-state index contributed by atoms with van der Waals surface area (Å²) < 4.78 is 25.1. The lowest BCUT2D eigenvalue weighted by atomic mass is 9.70. The second kappa shape index (κ2) is 5.34. The van der Waals surface area contributed by atoms with E-state index in [0.29, 0.717) is 12.4 Å². The van der Waals surface area contributed by atoms with Gasteiger partial charge in [-0.15, -0.1) is 0 Å². The van der Waals surface area contributed by atoms with Gasteiger partial charge in [-0.3, -0.25) is 0 Å². The van der Waals surface area contributed by atoms with Gasteiger partial charge in [0.2, 0.25) is 0 Å². The fourth-order valence-electron chi connectivity index (χ4n) is 3.47. The maximum absolute atomic E-state index is 14.1. The zero-order chi connectivity index (χ0) is 14.2. The number of aliphatic hydroxyl groups is 1. The lowest BCUT2D eigenvalue weighted by Gasteiger charge is -2.48. The molecule has 1 heterocycles. The first-order valence-electron chi connectivity index (χ1n) is 7.30. The maximum Gasteiger partial charge on any atom is 0.132 e. The highest BCUT2D eigenvalue weighted by molar-refractivity contribution is 5.36. The van der Waals surface area contributed by atoms with Gasteiger partial charge in [-0.2, -0.15) is 0 Å². The molecule has 1 saturated heterocycles. The molecule has 0 radical (unpaired) electrons. The van der Waals surface area contributed by atoms with E-state index in [0.717, 1.165) is 25.7 Å². The summed E-state index contributed by atoms with van der Waals surface area (Å²) in [6.07, 6.45) is 4.06. The topological polar surface area (TPSA) is 38.7 Å². The minimum absolute atomic E-state index is 0.0369. The fourth-order valence-corrected chi connectivity index (χ4v) is 3.47. The van der Waals surface area contributed by atoms with E-state index in [2.05, 4.69) is 0 Å². The third-order valence-electron chi connectivity index (χ3n) is 4.77. The van der Waals surface area contributed by atoms with Gasteiger partial charge in [-0.1, -0.05) is 6.07 Å². The molecular weight excluding hydrogens is 259 g/mol. The second-order valence-corrected chi connectivity index (χ2v) is 5.94. The molecule has 1 aliphatic heterocycles. The molecule has 3 rings (SSSR count). The summed E-state index contributed by atoms with van der Waals surface area (Å²) in [5, 5.41) is 10.6. The van der Waals surface area contributed by atoms with E-state index in [1.54, 1.807) is 12.1 Å². The third kappa shape index (κ3) is 2.31. The Labute approximate surface area is 118 Å². The Balaban J connectivity index is 1.83. The van der Waals surface area contributed by atoms with Crippen molar-refractivity contribution in [3.05, 3.63) is 29.6 Å². The van der Waals surface area contributed by atoms with E-state index in [4.69, 9.17) is 9.47 Å². The molecule has 0 bridgehead atoms. The van der Waals surface area contributed by atoms with Gasteiger partial charge in [0.15, 0.2) is 0 Å². The Bertz CT molecular complexity index is 485. The Morgan fingerprint density at radius 2 is 2.25 bits per heavy atom. The van der Waals surface area contributed by atoms with Crippen LogP contribution in [0, 0.1) is 11.7 Å². The molecule has 110 valence electrons. The average molecular weight is 280 g/mol. The van der Waals surface area contributed by atoms with E-state index >= 15 is 0 Å². The van der Waals surface area contributed by atoms with Crippen molar-refractivity contribution in [3.63, 3.8) is 0 Å². The van der Waals surface area contributed by atoms with Crippen LogP contribution in [0.25, 0.3) is 0 Å². The average Bonchev–Trinajstić information content (AvgIpc) is 2.44. The highest BCUT2D eigenvalue weighted by Crippen LogP contribution is 2.48. The van der Waals surface area contributed by atoms with Crippen molar-refractivity contribution in [3.8, 4) is 5.75 Å². The summed E-state index contributed by atoms with van der Waals surface area (Å²) in [6, 6.07) is 4.67. The highest BCUT2D eigenvalue weighted by Gasteiger charge is 2.44. The predicted molar refractivity (Wildman–Crippen MR) is 73.2 cm³/mol. The first-order valence-corrected chi connectivity index (χ1v) is 7.30. The summed E-state index contributed by atoms with van der Waals surface area (Å²) in [6.45, 7) is 0.651. The van der Waals surface area contributed by atoms with Crippen molar-refractivity contribution in [2.75, 3.05) is 13.7 Å². The molecule has 4 heteroatoms. The predicted octanol–water partition coefficient (Wildman–Crippen LogP) is 3.22. The minimum Gasteiger partial charge on any atom is -0.496 e. The van der Waals surface area contributed by atoms with Gasteiger partial charge < -0.3 is 14.6 Å². The SMILES string of the molecule is COc1cccc(F)c1C(O)C1CCOC2(CCC2)C1. The van der Waals surface area contributed by atoms with Crippen LogP contribution in [0.15, 0.2) is 18.2 Å². The Morgan fingerprint density at radius 3 is 2.90 bits per heavy atom. The molecule has 1 aromatic rings. The number of ether oxygens (including phenoxy) is 2. The van der Waals surface area contributed by atoms with Gasteiger partial charge in [0, 0.05) is 6.61 Å². The van der Waals surface area contributed by atoms with Gasteiger partial charge in [0.1, 0.15) is 11.6 Å². The Hall–Kier alpha value is -1.13. The van der Waals surface area contributed by atoms with E-state index in [1.807, 2.05) is 0 Å². The fraction of sp³-hybridized carbons (Fsp3) is 0.625. The van der Waals surface area contributed by atoms with Crippen molar-refractivity contribution in [1.82, 2.24) is 0 Å². The number of methoxy groups -OCH3 is 1. The number of hydrogen-bond acceptors (Lipinski definition) is 3. The number of benzene rings is 1. The third-order valence-corrected chi connectivity index (χ3v) is 4.77. The molecule has 2 fully saturated rings. The number of halogens is 1. The smallest absolute Gasteiger partial charge is 0.132 e. The molecule has 2 unspecified atom stereocenters. The lowest BCUT2D eigenvalue weighted by molar-refractivity contribution is -0.157. The van der Waals surface area contributed by atoms with Gasteiger partial charge in [0.05, 0.1) is 24.4 Å². The van der Waals surface area contributed by atoms with Gasteiger partial charge in [-0.25, -0.2) is 4.39 Å². The molecule has 2 atom stereocenters. The highest BCUT2D eigenvalue weighted by atomic mass is 19.1. The van der Waals surface area contributed by atoms with Crippen LogP contribution in [0.2, 0.25) is 0 Å². The maximum atomic E-state index is 14.1. The van der Waals surface area contributed by atoms with Crippen LogP contribution < -0.4 is 4.74 Å². The molecule has 2 aliphatic rings. The van der Waals surface area contributed by atoms with Gasteiger partial charge in [-0.05, 0) is 50.2 Å². The van der Waals surface area contributed by atoms with Crippen LogP contribution in [0.1, 0.15) is 43.8 Å². The molecule has 20 heavy (non-hydrogen) atoms. The van der Waals surface area contributed by atoms with Crippen LogP contribution in [-0.2, 0) is 4.74 Å². The number of aliphatic hydroxyl groups excluding tert-OH is 1. The summed E-state index contributed by atoms with van der Waals surface area (Å²) in [4.78, 5) is 0. The van der Waals surface area contributed by atoms with Crippen LogP contribution in [0.3, 0.4) is 0 Å². The quantitative estimate of drug-likeness (QED) is 0.924. The molecule has 1 spiro atoms. The van der Waals surface area contributed by atoms with E-state index in [-0.39, 0.29) is 17.1 Å². The molecule has 1 aromatic carbocycles. The molecule has 3 nitrogen and oxygen atoms in total. The summed E-state index contributed by atoms with van der Waals surface area (Å²) in [5.41, 5.74) is 0.235. The normalized spacial score (nSPS) is 26.1. The summed E-state index contributed by atoms with van der Waals surface area (Å²) in [5.74, 6) is 0.0625. The Morgan fingerprint density at radius 1 is 1.45 bits per heavy atom. The van der Waals surface area contributed by atoms with Crippen molar-refractivity contribution in [2.45, 2.75) is 43.8 Å². The monoisotopic (exact) mass is 280 g/mol. The van der Waals surface area contributed by atoms with Crippen molar-refractivity contribution >= 4 is 0 Å². The molecule has 1 aliphatic carbocycles. The first-order chi connectivity index (χ1) is 9.65. The van der Waals surface area contributed by atoms with Gasteiger partial charge >= 0.3 is 0 Å². The van der Waals surface area contributed by atoms with Crippen LogP contribution >= 0.6 is 0 Å². The molecular formula is C16H21FO3. The van der Waals surface area contributed by atoms with Crippen molar-refractivity contribution in [2.24, 2.45) is 5.92 Å². The number of hydrogen-bond donors (Lipinski definition) is 1. The van der Waals surface area contributed by atoms with Crippen molar-refractivity contribution < 1.29 is 19.0 Å². The van der Waals surface area contributed by atoms with Crippen molar-refractivity contribution in [1.29, 1.82) is 0 Å². The standard InChI is InChI=1S/C16H21FO3/c1-19-13-5-2-4-12(17)14(13)15(18)11-6-9-20-16(10-11)7-3-8-16/h2,4-5,11,15,18H,3,6-10H2,1H3. The van der Waals surface area contributed by atoms with E-state index in [1.165, 1.54) is 19.6 Å². The molecule has 0 aromatic heterocycles. The first kappa shape index (κ1) is 13.8. The zero-order valence-corrected chi connectivity index (χ0v) is 11.8. The molecule has 0 amide bonds. The minimum atomic E-state index is -0.826. The summed E-state index contributed by atoms with van der Waals surface area (Å²) >= 11 is 0. The number of rotatable bonds is 3. The van der Waals surface area contributed by atoms with E-state index in [9.17, 15) is 9.50 Å². The van der Waals surface area contributed by atoms with E-state index < -0.39 is 11.9 Å². The van der Waals surface area contributed by atoms with Crippen LogP contribution in [-0.4, -0.2) is 24.4 Å². The Kier molecular flexibility index (Phi) is 3.69. The largest absolute Gasteiger partial charge is 0.496 e. The molecule has 1 N–H and O–H groups in total.